The van der Waals surface area contributed by atoms with Gasteiger partial charge in [-0.25, -0.2) is 0 Å². The van der Waals surface area contributed by atoms with Gasteiger partial charge < -0.3 is 0 Å². The third-order valence-electron chi connectivity index (χ3n) is 4.59. The normalized spacial score (nSPS) is 12.4. The number of hydrogen-bond acceptors (Lipinski definition) is 3. The van der Waals surface area contributed by atoms with Crippen LogP contribution in [0.4, 0.5) is 17.3 Å². The van der Waals surface area contributed by atoms with Crippen molar-refractivity contribution >= 4 is 41.2 Å². The van der Waals surface area contributed by atoms with Crippen molar-refractivity contribution in [2.75, 3.05) is 4.90 Å². The van der Waals surface area contributed by atoms with Crippen LogP contribution in [0, 0.1) is 6.92 Å². The third-order valence-corrected chi connectivity index (χ3v) is 6.82. The van der Waals surface area contributed by atoms with Crippen LogP contribution in [0.25, 0.3) is 11.1 Å². The number of anilines is 3. The van der Waals surface area contributed by atoms with Gasteiger partial charge >= 0.3 is 165 Å². The Morgan fingerprint density at radius 2 is 1.56 bits per heavy atom. The molecule has 0 saturated carbocycles. The van der Waals surface area contributed by atoms with E-state index in [1.807, 2.05) is 24.5 Å². The van der Waals surface area contributed by atoms with Crippen molar-refractivity contribution in [3.8, 4) is 11.1 Å². The van der Waals surface area contributed by atoms with Crippen LogP contribution in [-0.2, 0) is 0 Å². The molecular formula is C23H17N3Se. The summed E-state index contributed by atoms with van der Waals surface area (Å²) in [5, 5.41) is 0. The Morgan fingerprint density at radius 3 is 2.44 bits per heavy atom. The van der Waals surface area contributed by atoms with Crippen molar-refractivity contribution in [3.63, 3.8) is 0 Å². The molecule has 0 atom stereocenters. The van der Waals surface area contributed by atoms with E-state index in [4.69, 9.17) is 9.97 Å². The van der Waals surface area contributed by atoms with Gasteiger partial charge in [-0.1, -0.05) is 0 Å². The fourth-order valence-corrected chi connectivity index (χ4v) is 5.69. The minimum atomic E-state index is 0.205. The van der Waals surface area contributed by atoms with Crippen molar-refractivity contribution in [1.82, 2.24) is 9.97 Å². The predicted octanol–water partition coefficient (Wildman–Crippen LogP) is 3.89. The van der Waals surface area contributed by atoms with Gasteiger partial charge in [-0.2, -0.15) is 0 Å². The van der Waals surface area contributed by atoms with Gasteiger partial charge in [-0.15, -0.1) is 0 Å². The van der Waals surface area contributed by atoms with E-state index < -0.39 is 0 Å². The van der Waals surface area contributed by atoms with E-state index in [9.17, 15) is 0 Å². The number of aryl methyl sites for hydroxylation is 1. The summed E-state index contributed by atoms with van der Waals surface area (Å²) >= 11 is 0.205. The van der Waals surface area contributed by atoms with Gasteiger partial charge in [0, 0.05) is 0 Å². The van der Waals surface area contributed by atoms with E-state index in [0.29, 0.717) is 0 Å². The van der Waals surface area contributed by atoms with Gasteiger partial charge in [-0.05, 0) is 0 Å². The summed E-state index contributed by atoms with van der Waals surface area (Å²) in [6.07, 6.45) is 3.81. The maximum absolute atomic E-state index is 4.81. The Labute approximate surface area is 164 Å². The topological polar surface area (TPSA) is 29.0 Å². The average Bonchev–Trinajstić information content (AvgIpc) is 2.72. The molecule has 3 heterocycles. The van der Waals surface area contributed by atoms with E-state index in [1.54, 1.807) is 0 Å². The number of rotatable bonds is 2. The number of pyridine rings is 2. The van der Waals surface area contributed by atoms with Crippen LogP contribution < -0.4 is 13.8 Å². The summed E-state index contributed by atoms with van der Waals surface area (Å²) in [6.45, 7) is 2.10. The first-order valence-electron chi connectivity index (χ1n) is 8.85. The predicted molar refractivity (Wildman–Crippen MR) is 112 cm³/mol. The average molecular weight is 414 g/mol. The zero-order valence-corrected chi connectivity index (χ0v) is 16.5. The summed E-state index contributed by atoms with van der Waals surface area (Å²) < 4.78 is 2.58. The number of para-hydroxylation sites is 1. The van der Waals surface area contributed by atoms with Crippen LogP contribution in [0.15, 0.2) is 85.2 Å². The van der Waals surface area contributed by atoms with Crippen molar-refractivity contribution < 1.29 is 0 Å². The Hall–Kier alpha value is -2.94. The van der Waals surface area contributed by atoms with E-state index in [1.165, 1.54) is 25.6 Å². The van der Waals surface area contributed by atoms with E-state index in [2.05, 4.69) is 72.5 Å². The van der Waals surface area contributed by atoms with Gasteiger partial charge in [0.25, 0.3) is 0 Å². The van der Waals surface area contributed by atoms with Gasteiger partial charge in [0.1, 0.15) is 0 Å². The Kier molecular flexibility index (Phi) is 4.01. The van der Waals surface area contributed by atoms with E-state index in [0.717, 1.165) is 17.3 Å². The molecule has 2 aromatic heterocycles. The second-order valence-corrected chi connectivity index (χ2v) is 8.75. The molecule has 27 heavy (non-hydrogen) atoms. The van der Waals surface area contributed by atoms with Crippen molar-refractivity contribution in [2.24, 2.45) is 0 Å². The summed E-state index contributed by atoms with van der Waals surface area (Å²) in [6, 6.07) is 25.5. The van der Waals surface area contributed by atoms with Crippen LogP contribution in [0.5, 0.6) is 0 Å². The quantitative estimate of drug-likeness (QED) is 0.411. The minimum absolute atomic E-state index is 0.205. The number of hydrogen-bond donors (Lipinski definition) is 0. The van der Waals surface area contributed by atoms with Gasteiger partial charge in [0.05, 0.1) is 0 Å². The fraction of sp³-hybridized carbons (Fsp3) is 0.0435. The maximum atomic E-state index is 4.81. The van der Waals surface area contributed by atoms with Crippen molar-refractivity contribution in [3.05, 3.63) is 90.8 Å². The first-order chi connectivity index (χ1) is 13.3. The first kappa shape index (κ1) is 16.2. The monoisotopic (exact) mass is 415 g/mol. The molecule has 0 amide bonds. The Balaban J connectivity index is 1.78. The molecule has 5 rings (SSSR count). The Morgan fingerprint density at radius 1 is 0.778 bits per heavy atom. The molecule has 3 nitrogen and oxygen atoms in total. The molecule has 0 saturated heterocycles. The number of nitrogens with zero attached hydrogens (tertiary/aromatic N) is 3. The second kappa shape index (κ2) is 6.66. The SMILES string of the molecule is Cc1cnc2c(c1)[Se]c1cccnc1N2c1ccccc1-c1ccccc1. The number of fused-ring (bicyclic) bond motifs is 2. The van der Waals surface area contributed by atoms with Gasteiger partial charge in [-0.3, -0.25) is 0 Å². The molecule has 0 fully saturated rings. The van der Waals surface area contributed by atoms with Crippen LogP contribution in [0.3, 0.4) is 0 Å². The van der Waals surface area contributed by atoms with Gasteiger partial charge in [0.15, 0.2) is 0 Å². The molecule has 0 N–H and O–H groups in total. The molecule has 4 heteroatoms. The van der Waals surface area contributed by atoms with Gasteiger partial charge in [0.2, 0.25) is 0 Å². The van der Waals surface area contributed by atoms with Crippen molar-refractivity contribution in [2.45, 2.75) is 6.92 Å². The van der Waals surface area contributed by atoms with E-state index in [-0.39, 0.29) is 15.0 Å². The Bertz CT molecular complexity index is 1130. The van der Waals surface area contributed by atoms with Crippen LogP contribution in [0.1, 0.15) is 5.56 Å². The van der Waals surface area contributed by atoms with E-state index >= 15 is 0 Å². The molecule has 4 aromatic rings. The van der Waals surface area contributed by atoms with Crippen molar-refractivity contribution in [1.29, 1.82) is 0 Å². The molecule has 1 aliphatic heterocycles. The molecule has 0 aliphatic carbocycles. The molecule has 130 valence electrons. The molecule has 0 unspecified atom stereocenters. The third kappa shape index (κ3) is 2.84. The molecule has 0 spiro atoms. The van der Waals surface area contributed by atoms with Crippen LogP contribution >= 0.6 is 0 Å². The number of aromatic nitrogens is 2. The summed E-state index contributed by atoms with van der Waals surface area (Å²) in [5.74, 6) is 1.99. The number of benzene rings is 2. The second-order valence-electron chi connectivity index (χ2n) is 6.48. The zero-order valence-electron chi connectivity index (χ0n) is 14.8. The zero-order chi connectivity index (χ0) is 18.2. The summed E-state index contributed by atoms with van der Waals surface area (Å²) in [5.41, 5.74) is 4.67. The molecule has 0 radical (unpaired) electrons. The summed E-state index contributed by atoms with van der Waals surface area (Å²) in [4.78, 5) is 11.8. The first-order valence-corrected chi connectivity index (χ1v) is 10.6. The molecular weight excluding hydrogens is 397 g/mol. The molecule has 0 bridgehead atoms. The van der Waals surface area contributed by atoms with Crippen LogP contribution in [-0.4, -0.2) is 24.9 Å². The van der Waals surface area contributed by atoms with Crippen LogP contribution in [0.2, 0.25) is 0 Å². The standard InChI is InChI=1S/C23H17N3Se/c1-16-14-21-23(25-15-16)26(22-20(27-21)12-7-13-24-22)19-11-6-5-10-18(19)17-8-3-2-4-9-17/h2-15H,1H3. The fourth-order valence-electron chi connectivity index (χ4n) is 3.39. The molecule has 1 aliphatic rings. The molecule has 2 aromatic carbocycles. The summed E-state index contributed by atoms with van der Waals surface area (Å²) in [7, 11) is 0.